The highest BCUT2D eigenvalue weighted by molar-refractivity contribution is 7.98. The van der Waals surface area contributed by atoms with Gasteiger partial charge in [0.25, 0.3) is 5.56 Å². The molecule has 0 fully saturated rings. The highest BCUT2D eigenvalue weighted by Crippen LogP contribution is 2.32. The number of hydrogen-bond acceptors (Lipinski definition) is 5. The monoisotopic (exact) mass is 477 g/mol. The van der Waals surface area contributed by atoms with Crippen molar-refractivity contribution in [2.75, 3.05) is 14.2 Å². The molecule has 0 atom stereocenters. The van der Waals surface area contributed by atoms with Crippen molar-refractivity contribution in [3.8, 4) is 17.2 Å². The predicted molar refractivity (Wildman–Crippen MR) is 133 cm³/mol. The summed E-state index contributed by atoms with van der Waals surface area (Å²) in [5, 5.41) is 2.18. The van der Waals surface area contributed by atoms with Gasteiger partial charge in [0.15, 0.2) is 16.7 Å². The topological polar surface area (TPSA) is 69.1 Å². The second-order valence-electron chi connectivity index (χ2n) is 7.38. The van der Waals surface area contributed by atoms with Crippen molar-refractivity contribution >= 4 is 45.3 Å². The van der Waals surface area contributed by atoms with Crippen molar-refractivity contribution in [1.82, 2.24) is 14.5 Å². The Labute approximate surface area is 199 Å². The molecule has 1 N–H and O–H groups in total. The molecular weight excluding hydrogens is 458 g/mol. The number of ether oxygens (including phenoxy) is 2. The highest BCUT2D eigenvalue weighted by atomic mass is 35.5. The van der Waals surface area contributed by atoms with Gasteiger partial charge in [-0.2, -0.15) is 0 Å². The van der Waals surface area contributed by atoms with Crippen LogP contribution < -0.4 is 15.0 Å². The lowest BCUT2D eigenvalue weighted by molar-refractivity contribution is 0.354. The van der Waals surface area contributed by atoms with E-state index in [1.54, 1.807) is 30.9 Å². The second-order valence-corrected chi connectivity index (χ2v) is 8.76. The second kappa shape index (κ2) is 8.84. The molecule has 6 nitrogen and oxygen atoms in total. The molecule has 0 bridgehead atoms. The van der Waals surface area contributed by atoms with E-state index in [-0.39, 0.29) is 5.56 Å². The molecule has 33 heavy (non-hydrogen) atoms. The zero-order valence-electron chi connectivity index (χ0n) is 18.0. The van der Waals surface area contributed by atoms with Crippen molar-refractivity contribution < 1.29 is 9.47 Å². The van der Waals surface area contributed by atoms with Crippen LogP contribution in [0.15, 0.2) is 76.7 Å². The number of halogens is 1. The lowest BCUT2D eigenvalue weighted by Gasteiger charge is -2.14. The van der Waals surface area contributed by atoms with Gasteiger partial charge in [-0.3, -0.25) is 9.36 Å². The van der Waals surface area contributed by atoms with Gasteiger partial charge in [-0.25, -0.2) is 4.98 Å². The Morgan fingerprint density at radius 2 is 1.76 bits per heavy atom. The van der Waals surface area contributed by atoms with E-state index < -0.39 is 0 Å². The van der Waals surface area contributed by atoms with Crippen molar-refractivity contribution in [3.05, 3.63) is 87.7 Å². The zero-order chi connectivity index (χ0) is 22.9. The predicted octanol–water partition coefficient (Wildman–Crippen LogP) is 5.83. The third-order valence-electron chi connectivity index (χ3n) is 5.40. The normalized spacial score (nSPS) is 11.2. The first kappa shape index (κ1) is 21.4. The number of nitrogens with one attached hydrogen (secondary N) is 1. The fourth-order valence-corrected chi connectivity index (χ4v) is 4.85. The smallest absolute Gasteiger partial charge is 0.283 e. The van der Waals surface area contributed by atoms with Gasteiger partial charge in [0.1, 0.15) is 11.0 Å². The van der Waals surface area contributed by atoms with Crippen molar-refractivity contribution in [1.29, 1.82) is 0 Å². The summed E-state index contributed by atoms with van der Waals surface area (Å²) in [6.45, 7) is 0. The van der Waals surface area contributed by atoms with Crippen LogP contribution in [0.25, 0.3) is 27.6 Å². The number of fused-ring (bicyclic) bond motifs is 3. The number of methoxy groups -OCH3 is 2. The van der Waals surface area contributed by atoms with Gasteiger partial charge in [-0.15, -0.1) is 0 Å². The molecule has 0 saturated heterocycles. The van der Waals surface area contributed by atoms with E-state index in [2.05, 4.69) is 4.98 Å². The van der Waals surface area contributed by atoms with Gasteiger partial charge in [-0.05, 0) is 35.9 Å². The van der Waals surface area contributed by atoms with Crippen LogP contribution in [0, 0.1) is 0 Å². The lowest BCUT2D eigenvalue weighted by atomic mass is 10.2. The molecule has 0 spiro atoms. The maximum Gasteiger partial charge on any atom is 0.283 e. The molecule has 0 unspecified atom stereocenters. The summed E-state index contributed by atoms with van der Waals surface area (Å²) >= 11 is 7.51. The minimum absolute atomic E-state index is 0.179. The Hall–Kier alpha value is -3.42. The molecule has 0 saturated carbocycles. The number of aromatic nitrogens is 3. The van der Waals surface area contributed by atoms with E-state index in [4.69, 9.17) is 26.1 Å². The van der Waals surface area contributed by atoms with E-state index in [1.807, 2.05) is 54.6 Å². The first-order valence-corrected chi connectivity index (χ1v) is 11.6. The molecule has 5 rings (SSSR count). The Balaban J connectivity index is 1.70. The van der Waals surface area contributed by atoms with Crippen LogP contribution in [0.5, 0.6) is 11.5 Å². The molecule has 166 valence electrons. The van der Waals surface area contributed by atoms with Crippen LogP contribution >= 0.6 is 23.4 Å². The number of rotatable bonds is 6. The lowest BCUT2D eigenvalue weighted by Crippen LogP contribution is -2.22. The molecule has 0 aliphatic carbocycles. The van der Waals surface area contributed by atoms with Crippen molar-refractivity contribution in [2.24, 2.45) is 0 Å². The summed E-state index contributed by atoms with van der Waals surface area (Å²) in [6, 6.07) is 20.8. The quantitative estimate of drug-likeness (QED) is 0.246. The Morgan fingerprint density at radius 3 is 2.52 bits per heavy atom. The van der Waals surface area contributed by atoms with E-state index in [0.29, 0.717) is 44.2 Å². The average molecular weight is 478 g/mol. The molecule has 8 heteroatoms. The number of benzene rings is 3. The molecular formula is C25H20ClN3O3S. The maximum atomic E-state index is 13.7. The van der Waals surface area contributed by atoms with Gasteiger partial charge < -0.3 is 14.5 Å². The van der Waals surface area contributed by atoms with E-state index in [0.717, 1.165) is 16.5 Å². The van der Waals surface area contributed by atoms with E-state index >= 15 is 0 Å². The fraction of sp³-hybridized carbons (Fsp3) is 0.120. The number of nitrogens with zero attached hydrogens (tertiary/aromatic N) is 2. The molecule has 0 radical (unpaired) electrons. The van der Waals surface area contributed by atoms with E-state index in [9.17, 15) is 4.79 Å². The number of para-hydroxylation sites is 1. The van der Waals surface area contributed by atoms with Crippen LogP contribution in [0.4, 0.5) is 0 Å². The fourth-order valence-electron chi connectivity index (χ4n) is 3.76. The summed E-state index contributed by atoms with van der Waals surface area (Å²) in [6.07, 6.45) is 0. The molecule has 0 aliphatic heterocycles. The number of thioether (sulfide) groups is 1. The first-order chi connectivity index (χ1) is 16.1. The third kappa shape index (κ3) is 3.94. The SMILES string of the molecule is COc1ccc(-n2c(SCc3ccc(Cl)cc3)nc3c([nH]c4ccccc43)c2=O)cc1OC. The molecule has 2 heterocycles. The molecule has 5 aromatic rings. The number of aromatic amines is 1. The van der Waals surface area contributed by atoms with Crippen molar-refractivity contribution in [2.45, 2.75) is 10.9 Å². The summed E-state index contributed by atoms with van der Waals surface area (Å²) in [7, 11) is 3.15. The van der Waals surface area contributed by atoms with Crippen LogP contribution in [0.3, 0.4) is 0 Å². The van der Waals surface area contributed by atoms with Gasteiger partial charge in [0.05, 0.1) is 19.9 Å². The van der Waals surface area contributed by atoms with Crippen LogP contribution in [0.2, 0.25) is 5.02 Å². The maximum absolute atomic E-state index is 13.7. The largest absolute Gasteiger partial charge is 0.493 e. The summed E-state index contributed by atoms with van der Waals surface area (Å²) < 4.78 is 12.4. The molecule has 0 amide bonds. The molecule has 3 aromatic carbocycles. The Morgan fingerprint density at radius 1 is 1.00 bits per heavy atom. The minimum Gasteiger partial charge on any atom is -0.493 e. The van der Waals surface area contributed by atoms with Crippen LogP contribution in [0.1, 0.15) is 5.56 Å². The van der Waals surface area contributed by atoms with E-state index in [1.165, 1.54) is 11.8 Å². The summed E-state index contributed by atoms with van der Waals surface area (Å²) in [5.74, 6) is 1.75. The number of hydrogen-bond donors (Lipinski definition) is 1. The standard InChI is InChI=1S/C25H20ClN3O3S/c1-31-20-12-11-17(13-21(20)32-2)29-24(30)23-22(18-5-3-4-6-19(18)27-23)28-25(29)33-14-15-7-9-16(26)10-8-15/h3-13,27H,14H2,1-2H3. The van der Waals surface area contributed by atoms with Gasteiger partial charge in [0.2, 0.25) is 0 Å². The van der Waals surface area contributed by atoms with Gasteiger partial charge >= 0.3 is 0 Å². The number of H-pyrrole nitrogens is 1. The molecule has 2 aromatic heterocycles. The van der Waals surface area contributed by atoms with Crippen molar-refractivity contribution in [3.63, 3.8) is 0 Å². The summed E-state index contributed by atoms with van der Waals surface area (Å²) in [4.78, 5) is 21.9. The first-order valence-electron chi connectivity index (χ1n) is 10.2. The average Bonchev–Trinajstić information content (AvgIpc) is 3.22. The van der Waals surface area contributed by atoms with Gasteiger partial charge in [0, 0.05) is 27.7 Å². The highest BCUT2D eigenvalue weighted by Gasteiger charge is 2.18. The summed E-state index contributed by atoms with van der Waals surface area (Å²) in [5.41, 5.74) is 3.53. The van der Waals surface area contributed by atoms with Gasteiger partial charge in [-0.1, -0.05) is 53.7 Å². The Kier molecular flexibility index (Phi) is 5.74. The Bertz CT molecular complexity index is 1530. The van der Waals surface area contributed by atoms with Crippen LogP contribution in [-0.2, 0) is 5.75 Å². The third-order valence-corrected chi connectivity index (χ3v) is 6.66. The molecule has 0 aliphatic rings. The zero-order valence-corrected chi connectivity index (χ0v) is 19.5. The minimum atomic E-state index is -0.179. The van der Waals surface area contributed by atoms with Crippen LogP contribution in [-0.4, -0.2) is 28.8 Å².